The van der Waals surface area contributed by atoms with E-state index < -0.39 is 6.04 Å². The molecule has 3 rings (SSSR count). The van der Waals surface area contributed by atoms with Crippen molar-refractivity contribution < 1.29 is 9.59 Å². The van der Waals surface area contributed by atoms with Crippen molar-refractivity contribution >= 4 is 44.9 Å². The van der Waals surface area contributed by atoms with Crippen molar-refractivity contribution in [3.63, 3.8) is 0 Å². The van der Waals surface area contributed by atoms with E-state index in [-0.39, 0.29) is 11.8 Å². The Balaban J connectivity index is 1.66. The van der Waals surface area contributed by atoms with Gasteiger partial charge in [-0.25, -0.2) is 0 Å². The summed E-state index contributed by atoms with van der Waals surface area (Å²) in [6, 6.07) is 6.50. The van der Waals surface area contributed by atoms with Crippen molar-refractivity contribution in [2.75, 3.05) is 5.32 Å². The van der Waals surface area contributed by atoms with E-state index in [1.807, 2.05) is 19.1 Å². The number of thiophene rings is 1. The molecular formula is C17H16BrN5O2S. The van der Waals surface area contributed by atoms with Crippen LogP contribution in [0.4, 0.5) is 5.82 Å². The molecule has 0 aliphatic heterocycles. The van der Waals surface area contributed by atoms with Gasteiger partial charge in [0.15, 0.2) is 5.82 Å². The van der Waals surface area contributed by atoms with Gasteiger partial charge in [0.25, 0.3) is 5.91 Å². The van der Waals surface area contributed by atoms with Gasteiger partial charge in [0.1, 0.15) is 6.04 Å². The van der Waals surface area contributed by atoms with Crippen LogP contribution in [0.2, 0.25) is 0 Å². The van der Waals surface area contributed by atoms with E-state index in [9.17, 15) is 9.59 Å². The van der Waals surface area contributed by atoms with Gasteiger partial charge in [0, 0.05) is 23.5 Å². The van der Waals surface area contributed by atoms with Gasteiger partial charge in [-0.2, -0.15) is 5.10 Å². The van der Waals surface area contributed by atoms with Crippen LogP contribution in [0.1, 0.15) is 22.2 Å². The largest absolute Gasteiger partial charge is 0.340 e. The normalized spacial score (nSPS) is 11.8. The Morgan fingerprint density at radius 2 is 1.96 bits per heavy atom. The van der Waals surface area contributed by atoms with E-state index >= 15 is 0 Å². The number of nitrogens with zero attached hydrogens (tertiary/aromatic N) is 2. The highest BCUT2D eigenvalue weighted by atomic mass is 79.9. The molecule has 0 fully saturated rings. The van der Waals surface area contributed by atoms with Crippen LogP contribution in [0.25, 0.3) is 11.3 Å². The molecule has 0 saturated carbocycles. The van der Waals surface area contributed by atoms with Gasteiger partial charge in [-0.05, 0) is 54.0 Å². The summed E-state index contributed by atoms with van der Waals surface area (Å²) < 4.78 is 0.857. The molecule has 0 aliphatic rings. The van der Waals surface area contributed by atoms with Crippen LogP contribution in [0.15, 0.2) is 40.4 Å². The van der Waals surface area contributed by atoms with Gasteiger partial charge in [-0.3, -0.25) is 19.7 Å². The lowest BCUT2D eigenvalue weighted by Crippen LogP contribution is -2.41. The Bertz CT molecular complexity index is 938. The molecular weight excluding hydrogens is 418 g/mol. The van der Waals surface area contributed by atoms with Crippen LogP contribution in [-0.2, 0) is 4.79 Å². The molecule has 0 aromatic carbocycles. The highest BCUT2D eigenvalue weighted by Gasteiger charge is 2.20. The summed E-state index contributed by atoms with van der Waals surface area (Å²) in [5.74, 6) is -0.203. The molecule has 0 aliphatic carbocycles. The molecule has 1 unspecified atom stereocenters. The first-order valence-electron chi connectivity index (χ1n) is 7.78. The number of hydrogen-bond donors (Lipinski definition) is 3. The summed E-state index contributed by atoms with van der Waals surface area (Å²) in [7, 11) is 0. The predicted octanol–water partition coefficient (Wildman–Crippen LogP) is 3.36. The van der Waals surface area contributed by atoms with Crippen molar-refractivity contribution in [3.05, 3.63) is 50.9 Å². The first kappa shape index (κ1) is 18.3. The lowest BCUT2D eigenvalue weighted by atomic mass is 10.1. The summed E-state index contributed by atoms with van der Waals surface area (Å²) in [6.07, 6.45) is 3.38. The molecule has 3 heterocycles. The Morgan fingerprint density at radius 1 is 1.23 bits per heavy atom. The van der Waals surface area contributed by atoms with Crippen LogP contribution in [0.5, 0.6) is 0 Å². The van der Waals surface area contributed by atoms with Crippen molar-refractivity contribution in [2.45, 2.75) is 19.9 Å². The number of amides is 2. The summed E-state index contributed by atoms with van der Waals surface area (Å²) in [4.78, 5) is 29.1. The Morgan fingerprint density at radius 3 is 2.62 bits per heavy atom. The quantitative estimate of drug-likeness (QED) is 0.574. The monoisotopic (exact) mass is 433 g/mol. The highest BCUT2D eigenvalue weighted by molar-refractivity contribution is 9.11. The third kappa shape index (κ3) is 4.00. The molecule has 1 atom stereocenters. The van der Waals surface area contributed by atoms with E-state index in [1.54, 1.807) is 31.5 Å². The van der Waals surface area contributed by atoms with Crippen LogP contribution >= 0.6 is 27.3 Å². The first-order chi connectivity index (χ1) is 12.5. The summed E-state index contributed by atoms with van der Waals surface area (Å²) in [5.41, 5.74) is 2.54. The third-order valence-corrected chi connectivity index (χ3v) is 5.38. The number of aromatic nitrogens is 3. The fourth-order valence-electron chi connectivity index (χ4n) is 2.31. The maximum atomic E-state index is 12.4. The molecule has 3 aromatic heterocycles. The molecule has 9 heteroatoms. The number of carbonyl (C=O) groups is 2. The number of halogens is 1. The van der Waals surface area contributed by atoms with Crippen molar-refractivity contribution in [1.29, 1.82) is 0 Å². The third-order valence-electron chi connectivity index (χ3n) is 3.76. The Hall–Kier alpha value is -2.52. The minimum absolute atomic E-state index is 0.292. The number of anilines is 1. The van der Waals surface area contributed by atoms with Crippen LogP contribution in [0, 0.1) is 6.92 Å². The first-order valence-corrected chi connectivity index (χ1v) is 9.39. The molecule has 134 valence electrons. The van der Waals surface area contributed by atoms with Crippen molar-refractivity contribution in [2.24, 2.45) is 0 Å². The average molecular weight is 434 g/mol. The molecule has 0 saturated heterocycles. The Kier molecular flexibility index (Phi) is 5.48. The number of aromatic amines is 1. The number of hydrogen-bond acceptors (Lipinski definition) is 5. The van der Waals surface area contributed by atoms with E-state index in [1.165, 1.54) is 11.3 Å². The van der Waals surface area contributed by atoms with E-state index in [0.29, 0.717) is 10.7 Å². The predicted molar refractivity (Wildman–Crippen MR) is 104 cm³/mol. The van der Waals surface area contributed by atoms with Gasteiger partial charge >= 0.3 is 0 Å². The number of nitrogens with one attached hydrogen (secondary N) is 3. The fourth-order valence-corrected chi connectivity index (χ4v) is 3.60. The number of H-pyrrole nitrogens is 1. The zero-order valence-corrected chi connectivity index (χ0v) is 16.4. The van der Waals surface area contributed by atoms with Gasteiger partial charge in [-0.1, -0.05) is 0 Å². The maximum absolute atomic E-state index is 12.4. The minimum atomic E-state index is -0.705. The van der Waals surface area contributed by atoms with Crippen LogP contribution in [-0.4, -0.2) is 33.0 Å². The molecule has 2 amide bonds. The molecule has 7 nitrogen and oxygen atoms in total. The standard InChI is InChI=1S/C17H16BrN5O2S/c1-9-14(11-5-7-19-8-6-11)22-23-15(9)21-16(24)10(2)20-17(25)12-3-4-13(18)26-12/h3-8,10H,1-2H3,(H,20,25)(H2,21,22,23,24). The summed E-state index contributed by atoms with van der Waals surface area (Å²) >= 11 is 4.62. The zero-order valence-electron chi connectivity index (χ0n) is 14.0. The van der Waals surface area contributed by atoms with Gasteiger partial charge < -0.3 is 10.6 Å². The second-order valence-electron chi connectivity index (χ2n) is 5.60. The van der Waals surface area contributed by atoms with Gasteiger partial charge in [0.2, 0.25) is 5.91 Å². The van der Waals surface area contributed by atoms with Crippen molar-refractivity contribution in [1.82, 2.24) is 20.5 Å². The lowest BCUT2D eigenvalue weighted by molar-refractivity contribution is -0.117. The molecule has 0 radical (unpaired) electrons. The summed E-state index contributed by atoms with van der Waals surface area (Å²) in [5, 5.41) is 12.5. The Labute approximate surface area is 162 Å². The SMILES string of the molecule is Cc1c(NC(=O)C(C)NC(=O)c2ccc(Br)s2)n[nH]c1-c1ccncc1. The smallest absolute Gasteiger partial charge is 0.262 e. The fraction of sp³-hybridized carbons (Fsp3) is 0.176. The number of carbonyl (C=O) groups excluding carboxylic acids is 2. The molecule has 0 bridgehead atoms. The minimum Gasteiger partial charge on any atom is -0.340 e. The molecule has 26 heavy (non-hydrogen) atoms. The topological polar surface area (TPSA) is 99.8 Å². The average Bonchev–Trinajstić information content (AvgIpc) is 3.22. The number of pyridine rings is 1. The van der Waals surface area contributed by atoms with E-state index in [4.69, 9.17) is 0 Å². The van der Waals surface area contributed by atoms with E-state index in [0.717, 1.165) is 20.6 Å². The lowest BCUT2D eigenvalue weighted by Gasteiger charge is -2.12. The van der Waals surface area contributed by atoms with E-state index in [2.05, 4.69) is 41.7 Å². The molecule has 0 spiro atoms. The summed E-state index contributed by atoms with van der Waals surface area (Å²) in [6.45, 7) is 3.49. The number of rotatable bonds is 5. The highest BCUT2D eigenvalue weighted by Crippen LogP contribution is 2.25. The van der Waals surface area contributed by atoms with Gasteiger partial charge in [-0.15, -0.1) is 11.3 Å². The zero-order chi connectivity index (χ0) is 18.7. The molecule has 3 aromatic rings. The molecule has 3 N–H and O–H groups in total. The maximum Gasteiger partial charge on any atom is 0.262 e. The van der Waals surface area contributed by atoms with Gasteiger partial charge in [0.05, 0.1) is 14.4 Å². The van der Waals surface area contributed by atoms with Crippen molar-refractivity contribution in [3.8, 4) is 11.3 Å². The second-order valence-corrected chi connectivity index (χ2v) is 8.06. The van der Waals surface area contributed by atoms with Crippen LogP contribution < -0.4 is 10.6 Å². The van der Waals surface area contributed by atoms with Crippen LogP contribution in [0.3, 0.4) is 0 Å². The second kappa shape index (κ2) is 7.79.